The SMILES string of the molecule is CC(C)(C)OC(=O)NC1CCC(=O)S1. The van der Waals surface area contributed by atoms with Crippen molar-refractivity contribution in [2.45, 2.75) is 44.6 Å². The molecule has 1 amide bonds. The van der Waals surface area contributed by atoms with Gasteiger partial charge in [-0.15, -0.1) is 0 Å². The van der Waals surface area contributed by atoms with Crippen molar-refractivity contribution in [2.75, 3.05) is 0 Å². The smallest absolute Gasteiger partial charge is 0.408 e. The number of amides is 1. The molecule has 0 aliphatic carbocycles. The van der Waals surface area contributed by atoms with Gasteiger partial charge in [-0.25, -0.2) is 4.79 Å². The van der Waals surface area contributed by atoms with E-state index in [4.69, 9.17) is 4.74 Å². The summed E-state index contributed by atoms with van der Waals surface area (Å²) in [6, 6.07) is 0. The summed E-state index contributed by atoms with van der Waals surface area (Å²) >= 11 is 1.17. The van der Waals surface area contributed by atoms with Gasteiger partial charge in [-0.2, -0.15) is 0 Å². The van der Waals surface area contributed by atoms with Gasteiger partial charge in [-0.3, -0.25) is 4.79 Å². The van der Waals surface area contributed by atoms with E-state index in [2.05, 4.69) is 5.32 Å². The van der Waals surface area contributed by atoms with Crippen LogP contribution in [-0.2, 0) is 9.53 Å². The first-order chi connectivity index (χ1) is 6.37. The summed E-state index contributed by atoms with van der Waals surface area (Å²) in [6.45, 7) is 5.42. The van der Waals surface area contributed by atoms with Crippen LogP contribution in [0.25, 0.3) is 0 Å². The highest BCUT2D eigenvalue weighted by atomic mass is 32.2. The van der Waals surface area contributed by atoms with Crippen LogP contribution in [0.5, 0.6) is 0 Å². The molecule has 0 aromatic rings. The highest BCUT2D eigenvalue weighted by Gasteiger charge is 2.26. The summed E-state index contributed by atoms with van der Waals surface area (Å²) in [5.74, 6) is 0. The maximum absolute atomic E-state index is 11.3. The number of alkyl carbamates (subject to hydrolysis) is 1. The second-order valence-corrected chi connectivity index (χ2v) is 5.42. The van der Waals surface area contributed by atoms with E-state index in [0.717, 1.165) is 0 Å². The van der Waals surface area contributed by atoms with Gasteiger partial charge in [0.05, 0.1) is 5.37 Å². The van der Waals surface area contributed by atoms with Gasteiger partial charge in [0, 0.05) is 6.42 Å². The Morgan fingerprint density at radius 1 is 1.57 bits per heavy atom. The molecule has 1 saturated heterocycles. The molecule has 1 rings (SSSR count). The van der Waals surface area contributed by atoms with E-state index >= 15 is 0 Å². The molecular weight excluding hydrogens is 202 g/mol. The molecule has 1 unspecified atom stereocenters. The molecule has 1 aliphatic rings. The molecule has 1 heterocycles. The van der Waals surface area contributed by atoms with E-state index < -0.39 is 11.7 Å². The van der Waals surface area contributed by atoms with Gasteiger partial charge in [0.25, 0.3) is 0 Å². The number of nitrogens with one attached hydrogen (secondary N) is 1. The summed E-state index contributed by atoms with van der Waals surface area (Å²) in [4.78, 5) is 22.2. The average Bonchev–Trinajstić information content (AvgIpc) is 2.30. The first-order valence-corrected chi connectivity index (χ1v) is 5.44. The number of rotatable bonds is 1. The summed E-state index contributed by atoms with van der Waals surface area (Å²) in [6.07, 6.45) is 0.776. The minimum atomic E-state index is -0.489. The standard InChI is InChI=1S/C9H15NO3S/c1-9(2,3)13-8(12)10-6-4-5-7(11)14-6/h6H,4-5H2,1-3H3,(H,10,12). The van der Waals surface area contributed by atoms with Gasteiger partial charge in [-0.05, 0) is 27.2 Å². The van der Waals surface area contributed by atoms with Crippen molar-refractivity contribution in [1.82, 2.24) is 5.32 Å². The minimum Gasteiger partial charge on any atom is -0.444 e. The Balaban J connectivity index is 2.31. The predicted molar refractivity (Wildman–Crippen MR) is 55.0 cm³/mol. The minimum absolute atomic E-state index is 0.114. The molecule has 1 N–H and O–H groups in total. The molecule has 1 atom stereocenters. The van der Waals surface area contributed by atoms with E-state index in [0.29, 0.717) is 12.8 Å². The van der Waals surface area contributed by atoms with Crippen LogP contribution in [0.2, 0.25) is 0 Å². The van der Waals surface area contributed by atoms with Crippen LogP contribution < -0.4 is 5.32 Å². The molecule has 80 valence electrons. The van der Waals surface area contributed by atoms with Crippen LogP contribution in [0.1, 0.15) is 33.6 Å². The van der Waals surface area contributed by atoms with E-state index in [1.54, 1.807) is 20.8 Å². The van der Waals surface area contributed by atoms with E-state index in [1.165, 1.54) is 11.8 Å². The molecule has 0 radical (unpaired) electrons. The van der Waals surface area contributed by atoms with Crippen LogP contribution in [0, 0.1) is 0 Å². The highest BCUT2D eigenvalue weighted by Crippen LogP contribution is 2.25. The lowest BCUT2D eigenvalue weighted by Gasteiger charge is -2.21. The summed E-state index contributed by atoms with van der Waals surface area (Å²) in [5.41, 5.74) is -0.489. The van der Waals surface area contributed by atoms with Crippen molar-refractivity contribution in [3.05, 3.63) is 0 Å². The molecule has 0 bridgehead atoms. The Hall–Kier alpha value is -0.710. The van der Waals surface area contributed by atoms with Crippen molar-refractivity contribution in [2.24, 2.45) is 0 Å². The number of ether oxygens (including phenoxy) is 1. The quantitative estimate of drug-likeness (QED) is 0.728. The monoisotopic (exact) mass is 217 g/mol. The summed E-state index contributed by atoms with van der Waals surface area (Å²) in [7, 11) is 0. The Morgan fingerprint density at radius 3 is 2.64 bits per heavy atom. The van der Waals surface area contributed by atoms with Crippen molar-refractivity contribution in [3.63, 3.8) is 0 Å². The van der Waals surface area contributed by atoms with Crippen LogP contribution in [0.15, 0.2) is 0 Å². The van der Waals surface area contributed by atoms with Crippen molar-refractivity contribution in [3.8, 4) is 0 Å². The van der Waals surface area contributed by atoms with Crippen LogP contribution in [0.3, 0.4) is 0 Å². The zero-order chi connectivity index (χ0) is 10.8. The zero-order valence-electron chi connectivity index (χ0n) is 8.62. The number of carbonyl (C=O) groups excluding carboxylic acids is 2. The molecule has 14 heavy (non-hydrogen) atoms. The van der Waals surface area contributed by atoms with Crippen LogP contribution in [0.4, 0.5) is 4.79 Å². The normalized spacial score (nSPS) is 22.2. The maximum atomic E-state index is 11.3. The first kappa shape index (κ1) is 11.4. The molecule has 5 heteroatoms. The fourth-order valence-corrected chi connectivity index (χ4v) is 2.01. The average molecular weight is 217 g/mol. The third kappa shape index (κ3) is 4.00. The second-order valence-electron chi connectivity index (χ2n) is 4.16. The van der Waals surface area contributed by atoms with Gasteiger partial charge in [0.15, 0.2) is 5.12 Å². The van der Waals surface area contributed by atoms with Crippen molar-refractivity contribution < 1.29 is 14.3 Å². The van der Waals surface area contributed by atoms with Gasteiger partial charge in [0.2, 0.25) is 0 Å². The van der Waals surface area contributed by atoms with Gasteiger partial charge < -0.3 is 10.1 Å². The number of hydrogen-bond donors (Lipinski definition) is 1. The summed E-state index contributed by atoms with van der Waals surface area (Å²) < 4.78 is 5.06. The molecule has 0 aromatic heterocycles. The molecule has 0 spiro atoms. The Bertz CT molecular complexity index is 247. The lowest BCUT2D eigenvalue weighted by Crippen LogP contribution is -2.36. The van der Waals surface area contributed by atoms with E-state index in [9.17, 15) is 9.59 Å². The lowest BCUT2D eigenvalue weighted by atomic mass is 10.2. The molecule has 0 saturated carbocycles. The Morgan fingerprint density at radius 2 is 2.21 bits per heavy atom. The topological polar surface area (TPSA) is 55.4 Å². The lowest BCUT2D eigenvalue weighted by molar-refractivity contribution is -0.110. The fraction of sp³-hybridized carbons (Fsp3) is 0.778. The second kappa shape index (κ2) is 4.21. The molecule has 4 nitrogen and oxygen atoms in total. The van der Waals surface area contributed by atoms with Gasteiger partial charge >= 0.3 is 6.09 Å². The van der Waals surface area contributed by atoms with Gasteiger partial charge in [-0.1, -0.05) is 11.8 Å². The Labute approximate surface area is 87.8 Å². The van der Waals surface area contributed by atoms with Crippen molar-refractivity contribution in [1.29, 1.82) is 0 Å². The number of hydrogen-bond acceptors (Lipinski definition) is 4. The molecular formula is C9H15NO3S. The zero-order valence-corrected chi connectivity index (χ0v) is 9.44. The van der Waals surface area contributed by atoms with Crippen LogP contribution >= 0.6 is 11.8 Å². The third-order valence-corrected chi connectivity index (χ3v) is 2.67. The number of carbonyl (C=O) groups is 2. The maximum Gasteiger partial charge on any atom is 0.408 e. The largest absolute Gasteiger partial charge is 0.444 e. The predicted octanol–water partition coefficient (Wildman–Crippen LogP) is 1.89. The highest BCUT2D eigenvalue weighted by molar-refractivity contribution is 8.14. The Kier molecular flexibility index (Phi) is 3.42. The number of thioether (sulfide) groups is 1. The van der Waals surface area contributed by atoms with Crippen LogP contribution in [-0.4, -0.2) is 22.2 Å². The van der Waals surface area contributed by atoms with Gasteiger partial charge in [0.1, 0.15) is 5.60 Å². The summed E-state index contributed by atoms with van der Waals surface area (Å²) in [5, 5.41) is 2.66. The first-order valence-electron chi connectivity index (χ1n) is 4.56. The van der Waals surface area contributed by atoms with Crippen molar-refractivity contribution >= 4 is 23.0 Å². The molecule has 1 fully saturated rings. The molecule has 0 aromatic carbocycles. The van der Waals surface area contributed by atoms with E-state index in [1.807, 2.05) is 0 Å². The fourth-order valence-electron chi connectivity index (χ4n) is 1.07. The van der Waals surface area contributed by atoms with E-state index in [-0.39, 0.29) is 10.5 Å². The molecule has 1 aliphatic heterocycles. The third-order valence-electron chi connectivity index (χ3n) is 1.56.